The van der Waals surface area contributed by atoms with Crippen LogP contribution in [0.4, 0.5) is 0 Å². The summed E-state index contributed by atoms with van der Waals surface area (Å²) in [6, 6.07) is 1.64. The molecule has 3 saturated carbocycles. The van der Waals surface area contributed by atoms with Crippen LogP contribution in [-0.2, 0) is 4.74 Å². The highest BCUT2D eigenvalue weighted by molar-refractivity contribution is 5.16. The fourth-order valence-corrected chi connectivity index (χ4v) is 6.02. The Labute approximate surface area is 117 Å². The number of ether oxygens (including phenoxy) is 1. The summed E-state index contributed by atoms with van der Waals surface area (Å²) in [7, 11) is 4.30. The van der Waals surface area contributed by atoms with Crippen molar-refractivity contribution >= 4 is 0 Å². The highest BCUT2D eigenvalue weighted by Gasteiger charge is 2.57. The lowest BCUT2D eigenvalue weighted by atomic mass is 9.69. The minimum absolute atomic E-state index is 0.538. The van der Waals surface area contributed by atoms with Crippen LogP contribution in [0.1, 0.15) is 44.9 Å². The van der Waals surface area contributed by atoms with Gasteiger partial charge in [0, 0.05) is 19.2 Å². The van der Waals surface area contributed by atoms with Crippen molar-refractivity contribution in [2.45, 2.75) is 63.1 Å². The first-order valence-corrected chi connectivity index (χ1v) is 8.39. The van der Waals surface area contributed by atoms with Crippen molar-refractivity contribution in [3.63, 3.8) is 0 Å². The Morgan fingerprint density at radius 1 is 1.05 bits per heavy atom. The van der Waals surface area contributed by atoms with Crippen molar-refractivity contribution < 1.29 is 4.74 Å². The first-order valence-electron chi connectivity index (χ1n) is 8.39. The Morgan fingerprint density at radius 2 is 1.89 bits per heavy atom. The maximum atomic E-state index is 5.69. The van der Waals surface area contributed by atoms with Gasteiger partial charge in [-0.25, -0.2) is 0 Å². The Kier molecular flexibility index (Phi) is 3.15. The van der Waals surface area contributed by atoms with E-state index >= 15 is 0 Å². The number of nitrogens with zero attached hydrogens (tertiary/aromatic N) is 1. The van der Waals surface area contributed by atoms with Gasteiger partial charge in [0.05, 0.1) is 6.10 Å². The molecule has 1 heterocycles. The third kappa shape index (κ3) is 1.82. The van der Waals surface area contributed by atoms with Gasteiger partial charge in [-0.1, -0.05) is 12.8 Å². The Bertz CT molecular complexity index is 344. The molecule has 1 saturated heterocycles. The van der Waals surface area contributed by atoms with Gasteiger partial charge in [-0.15, -0.1) is 0 Å². The van der Waals surface area contributed by atoms with E-state index in [9.17, 15) is 0 Å². The number of hydrogen-bond acceptors (Lipinski definition) is 2. The maximum Gasteiger partial charge on any atom is 0.0575 e. The standard InChI is InChI=1S/C17H28NO/c1-18-15-8-7-12(19-2)10-14(15)17-13-6-4-3-5-11(13)9-16(17)18/h9,11-17H,3-8,10H2,1-2H3. The molecule has 4 fully saturated rings. The van der Waals surface area contributed by atoms with Crippen LogP contribution in [0.5, 0.6) is 0 Å². The topological polar surface area (TPSA) is 12.5 Å². The van der Waals surface area contributed by atoms with Gasteiger partial charge in [0.1, 0.15) is 0 Å². The van der Waals surface area contributed by atoms with Crippen LogP contribution >= 0.6 is 0 Å². The molecule has 7 unspecified atom stereocenters. The Hall–Kier alpha value is -0.0800. The van der Waals surface area contributed by atoms with Crippen LogP contribution in [0.15, 0.2) is 0 Å². The Morgan fingerprint density at radius 3 is 2.74 bits per heavy atom. The van der Waals surface area contributed by atoms with Gasteiger partial charge in [0.2, 0.25) is 0 Å². The third-order valence-electron chi connectivity index (χ3n) is 6.84. The minimum atomic E-state index is 0.538. The molecule has 0 N–H and O–H groups in total. The Balaban J connectivity index is 1.59. The van der Waals surface area contributed by atoms with E-state index in [0.717, 1.165) is 35.8 Å². The first-order chi connectivity index (χ1) is 9.29. The molecular weight excluding hydrogens is 234 g/mol. The zero-order valence-electron chi connectivity index (χ0n) is 12.4. The number of rotatable bonds is 1. The second-order valence-electron chi connectivity index (χ2n) is 7.44. The summed E-state index contributed by atoms with van der Waals surface area (Å²) >= 11 is 0. The summed E-state index contributed by atoms with van der Waals surface area (Å²) in [6.07, 6.45) is 13.2. The number of hydrogen-bond donors (Lipinski definition) is 0. The maximum absolute atomic E-state index is 5.69. The van der Waals surface area contributed by atoms with Crippen molar-refractivity contribution in [2.24, 2.45) is 23.7 Å². The average molecular weight is 262 g/mol. The molecule has 0 bridgehead atoms. The highest BCUT2D eigenvalue weighted by atomic mass is 16.5. The minimum Gasteiger partial charge on any atom is -0.381 e. The van der Waals surface area contributed by atoms with E-state index < -0.39 is 0 Å². The third-order valence-corrected chi connectivity index (χ3v) is 6.84. The van der Waals surface area contributed by atoms with Gasteiger partial charge in [0.15, 0.2) is 0 Å². The summed E-state index contributed by atoms with van der Waals surface area (Å²) in [4.78, 5) is 2.74. The van der Waals surface area contributed by atoms with E-state index in [0.29, 0.717) is 6.10 Å². The highest BCUT2D eigenvalue weighted by Crippen LogP contribution is 2.57. The molecule has 2 heteroatoms. The van der Waals surface area contributed by atoms with Crippen molar-refractivity contribution in [3.05, 3.63) is 6.42 Å². The molecule has 3 aliphatic carbocycles. The normalized spacial score (nSPS) is 53.7. The fraction of sp³-hybridized carbons (Fsp3) is 0.941. The molecule has 0 amide bonds. The van der Waals surface area contributed by atoms with Crippen molar-refractivity contribution in [2.75, 3.05) is 14.2 Å². The van der Waals surface area contributed by atoms with Crippen molar-refractivity contribution in [1.82, 2.24) is 4.90 Å². The van der Waals surface area contributed by atoms with Gasteiger partial charge in [-0.2, -0.15) is 0 Å². The molecular formula is C17H28NO. The molecule has 1 radical (unpaired) electrons. The van der Waals surface area contributed by atoms with E-state index in [4.69, 9.17) is 4.74 Å². The van der Waals surface area contributed by atoms with Crippen LogP contribution in [0.25, 0.3) is 0 Å². The summed E-state index contributed by atoms with van der Waals surface area (Å²) in [5.74, 6) is 3.82. The van der Waals surface area contributed by atoms with E-state index in [1.165, 1.54) is 44.9 Å². The molecule has 7 atom stereocenters. The number of fused-ring (bicyclic) bond motifs is 5. The van der Waals surface area contributed by atoms with Crippen LogP contribution in [0, 0.1) is 30.1 Å². The number of likely N-dealkylation sites (tertiary alicyclic amines) is 1. The summed E-state index contributed by atoms with van der Waals surface area (Å²) in [5, 5.41) is 0. The molecule has 2 nitrogen and oxygen atoms in total. The van der Waals surface area contributed by atoms with Crippen molar-refractivity contribution in [1.29, 1.82) is 0 Å². The quantitative estimate of drug-likeness (QED) is 0.720. The van der Waals surface area contributed by atoms with Gasteiger partial charge in [0.25, 0.3) is 0 Å². The first kappa shape index (κ1) is 12.6. The van der Waals surface area contributed by atoms with Gasteiger partial charge < -0.3 is 4.74 Å². The molecule has 4 rings (SSSR count). The van der Waals surface area contributed by atoms with Crippen LogP contribution in [-0.4, -0.2) is 37.2 Å². The van der Waals surface area contributed by atoms with Crippen LogP contribution in [0.3, 0.4) is 0 Å². The molecule has 0 aromatic heterocycles. The molecule has 0 spiro atoms. The van der Waals surface area contributed by atoms with E-state index in [-0.39, 0.29) is 0 Å². The van der Waals surface area contributed by atoms with Crippen LogP contribution < -0.4 is 0 Å². The average Bonchev–Trinajstić information content (AvgIpc) is 2.96. The molecule has 1 aliphatic heterocycles. The lowest BCUT2D eigenvalue weighted by Crippen LogP contribution is -2.40. The molecule has 107 valence electrons. The van der Waals surface area contributed by atoms with E-state index in [2.05, 4.69) is 18.4 Å². The van der Waals surface area contributed by atoms with Gasteiger partial charge in [-0.05, 0) is 69.2 Å². The summed E-state index contributed by atoms with van der Waals surface area (Å²) in [6.45, 7) is 0. The van der Waals surface area contributed by atoms with Gasteiger partial charge in [-0.3, -0.25) is 4.90 Å². The predicted molar refractivity (Wildman–Crippen MR) is 76.7 cm³/mol. The fourth-order valence-electron chi connectivity index (χ4n) is 6.02. The lowest BCUT2D eigenvalue weighted by molar-refractivity contribution is 0.0197. The summed E-state index contributed by atoms with van der Waals surface area (Å²) in [5.41, 5.74) is 0. The lowest BCUT2D eigenvalue weighted by Gasteiger charge is -2.39. The monoisotopic (exact) mass is 262 g/mol. The number of methoxy groups -OCH3 is 1. The molecule has 0 aromatic rings. The van der Waals surface area contributed by atoms with E-state index in [1.54, 1.807) is 0 Å². The van der Waals surface area contributed by atoms with Gasteiger partial charge >= 0.3 is 0 Å². The zero-order valence-corrected chi connectivity index (χ0v) is 12.4. The van der Waals surface area contributed by atoms with E-state index in [1.807, 2.05) is 7.11 Å². The SMILES string of the molecule is COC1CCC2C(C1)C1C3CCCCC3[CH]C1N2C. The van der Waals surface area contributed by atoms with Crippen molar-refractivity contribution in [3.8, 4) is 0 Å². The molecule has 4 aliphatic rings. The van der Waals surface area contributed by atoms with Crippen LogP contribution in [0.2, 0.25) is 0 Å². The second-order valence-corrected chi connectivity index (χ2v) is 7.44. The molecule has 19 heavy (non-hydrogen) atoms. The molecule has 0 aromatic carbocycles. The zero-order chi connectivity index (χ0) is 13.0. The second kappa shape index (κ2) is 4.73. The predicted octanol–water partition coefficient (Wildman–Crippen LogP) is 3.12. The largest absolute Gasteiger partial charge is 0.381 e. The summed E-state index contributed by atoms with van der Waals surface area (Å²) < 4.78 is 5.69. The smallest absolute Gasteiger partial charge is 0.0575 e.